The van der Waals surface area contributed by atoms with Gasteiger partial charge in [-0.05, 0) is 26.2 Å². The Kier molecular flexibility index (Phi) is 9.49. The van der Waals surface area contributed by atoms with Gasteiger partial charge in [0.15, 0.2) is 0 Å². The maximum Gasteiger partial charge on any atom is 0.132 e. The molecule has 88 valence electrons. The van der Waals surface area contributed by atoms with Crippen molar-refractivity contribution in [2.75, 3.05) is 7.11 Å². The number of hydrogen-bond acceptors (Lipinski definition) is 2. The molecule has 1 atom stereocenters. The zero-order chi connectivity index (χ0) is 11.5. The van der Waals surface area contributed by atoms with Crippen LogP contribution in [0, 0.1) is 0 Å². The lowest BCUT2D eigenvalue weighted by atomic mass is 10.0. The molecule has 0 fully saturated rings. The monoisotopic (exact) mass is 212 g/mol. The topological polar surface area (TPSA) is 26.3 Å². The number of Topliss-reactive ketones (excluding diaryl/α,β-unsaturated/α-hetero) is 1. The maximum absolute atomic E-state index is 10.9. The van der Waals surface area contributed by atoms with Crippen molar-refractivity contribution in [2.24, 2.45) is 0 Å². The van der Waals surface area contributed by atoms with E-state index in [0.29, 0.717) is 6.42 Å². The summed E-state index contributed by atoms with van der Waals surface area (Å²) >= 11 is 0. The van der Waals surface area contributed by atoms with E-state index >= 15 is 0 Å². The van der Waals surface area contributed by atoms with E-state index in [1.54, 1.807) is 14.0 Å². The predicted molar refractivity (Wildman–Crippen MR) is 64.0 cm³/mol. The molecule has 0 aliphatic heterocycles. The molecule has 0 amide bonds. The van der Waals surface area contributed by atoms with Gasteiger partial charge in [0.25, 0.3) is 0 Å². The molecular formula is C13H24O2. The molecule has 0 radical (unpaired) electrons. The summed E-state index contributed by atoms with van der Waals surface area (Å²) in [6.45, 7) is 5.32. The van der Waals surface area contributed by atoms with E-state index in [1.807, 2.05) is 6.08 Å². The first kappa shape index (κ1) is 14.4. The summed E-state index contributed by atoms with van der Waals surface area (Å²) in [5.74, 6) is 0.216. The van der Waals surface area contributed by atoms with Gasteiger partial charge in [0, 0.05) is 13.5 Å². The molecule has 0 aromatic carbocycles. The molecule has 0 aromatic heterocycles. The number of unbranched alkanes of at least 4 members (excludes halogenated alkanes) is 4. The van der Waals surface area contributed by atoms with Crippen molar-refractivity contribution in [3.05, 3.63) is 12.7 Å². The van der Waals surface area contributed by atoms with Gasteiger partial charge in [0.2, 0.25) is 0 Å². The Bertz CT molecular complexity index is 175. The van der Waals surface area contributed by atoms with E-state index in [4.69, 9.17) is 4.74 Å². The number of carbonyl (C=O) groups is 1. The van der Waals surface area contributed by atoms with Crippen molar-refractivity contribution >= 4 is 5.78 Å². The number of rotatable bonds is 10. The smallest absolute Gasteiger partial charge is 0.132 e. The Morgan fingerprint density at radius 3 is 2.53 bits per heavy atom. The molecular weight excluding hydrogens is 188 g/mol. The third-order valence-corrected chi connectivity index (χ3v) is 2.53. The van der Waals surface area contributed by atoms with E-state index in [2.05, 4.69) is 6.58 Å². The summed E-state index contributed by atoms with van der Waals surface area (Å²) in [7, 11) is 1.69. The number of ether oxygens (including phenoxy) is 1. The van der Waals surface area contributed by atoms with Gasteiger partial charge in [0.05, 0.1) is 6.10 Å². The van der Waals surface area contributed by atoms with Gasteiger partial charge in [-0.15, -0.1) is 6.58 Å². The molecule has 0 heterocycles. The number of methoxy groups -OCH3 is 1. The highest BCUT2D eigenvalue weighted by Gasteiger charge is 2.09. The van der Waals surface area contributed by atoms with Crippen molar-refractivity contribution in [3.8, 4) is 0 Å². The van der Waals surface area contributed by atoms with E-state index in [0.717, 1.165) is 19.3 Å². The average Bonchev–Trinajstić information content (AvgIpc) is 2.20. The Hall–Kier alpha value is -0.630. The predicted octanol–water partition coefficient (Wildman–Crippen LogP) is 3.51. The second-order valence-electron chi connectivity index (χ2n) is 4.04. The van der Waals surface area contributed by atoms with Gasteiger partial charge < -0.3 is 4.74 Å². The Morgan fingerprint density at radius 1 is 1.33 bits per heavy atom. The molecule has 0 aromatic rings. The number of ketones is 1. The van der Waals surface area contributed by atoms with E-state index < -0.39 is 0 Å². The second-order valence-corrected chi connectivity index (χ2v) is 4.04. The van der Waals surface area contributed by atoms with Gasteiger partial charge in [-0.3, -0.25) is 4.79 Å². The summed E-state index contributed by atoms with van der Waals surface area (Å²) in [4.78, 5) is 10.9. The highest BCUT2D eigenvalue weighted by molar-refractivity contribution is 5.75. The summed E-state index contributed by atoms with van der Waals surface area (Å²) in [6, 6.07) is 0. The van der Waals surface area contributed by atoms with Gasteiger partial charge in [-0.25, -0.2) is 0 Å². The standard InChI is InChI=1S/C13H24O2/c1-4-5-6-7-8-9-10-13(15-3)11-12(2)14/h4,13H,1,5-11H2,2-3H3. The minimum absolute atomic E-state index is 0.127. The molecule has 2 nitrogen and oxygen atoms in total. The molecule has 0 aliphatic carbocycles. The molecule has 0 aliphatic rings. The van der Waals surface area contributed by atoms with Crippen LogP contribution >= 0.6 is 0 Å². The van der Waals surface area contributed by atoms with Crippen LogP contribution in [0.1, 0.15) is 51.9 Å². The van der Waals surface area contributed by atoms with Crippen LogP contribution in [-0.4, -0.2) is 19.0 Å². The molecule has 15 heavy (non-hydrogen) atoms. The van der Waals surface area contributed by atoms with Gasteiger partial charge in [-0.2, -0.15) is 0 Å². The fourth-order valence-corrected chi connectivity index (χ4v) is 1.64. The van der Waals surface area contributed by atoms with Crippen LogP contribution in [0.4, 0.5) is 0 Å². The fraction of sp³-hybridized carbons (Fsp3) is 0.769. The van der Waals surface area contributed by atoms with Crippen LogP contribution in [0.2, 0.25) is 0 Å². The zero-order valence-electron chi connectivity index (χ0n) is 10.1. The van der Waals surface area contributed by atoms with Crippen molar-refractivity contribution in [2.45, 2.75) is 58.0 Å². The van der Waals surface area contributed by atoms with Gasteiger partial charge in [-0.1, -0.05) is 25.3 Å². The highest BCUT2D eigenvalue weighted by atomic mass is 16.5. The molecule has 0 rings (SSSR count). The normalized spacial score (nSPS) is 12.4. The quantitative estimate of drug-likeness (QED) is 0.409. The second kappa shape index (κ2) is 9.91. The number of allylic oxidation sites excluding steroid dienone is 1. The SMILES string of the molecule is C=CCCCCCCC(CC(C)=O)OC. The fourth-order valence-electron chi connectivity index (χ4n) is 1.64. The van der Waals surface area contributed by atoms with Crippen LogP contribution in [0.3, 0.4) is 0 Å². The summed E-state index contributed by atoms with van der Waals surface area (Å²) in [6.07, 6.45) is 9.63. The first-order chi connectivity index (χ1) is 7.20. The van der Waals surface area contributed by atoms with Gasteiger partial charge >= 0.3 is 0 Å². The van der Waals surface area contributed by atoms with Crippen molar-refractivity contribution in [1.82, 2.24) is 0 Å². The van der Waals surface area contributed by atoms with E-state index in [9.17, 15) is 4.79 Å². The third-order valence-electron chi connectivity index (χ3n) is 2.53. The highest BCUT2D eigenvalue weighted by Crippen LogP contribution is 2.11. The average molecular weight is 212 g/mol. The summed E-state index contributed by atoms with van der Waals surface area (Å²) < 4.78 is 5.25. The summed E-state index contributed by atoms with van der Waals surface area (Å²) in [5.41, 5.74) is 0. The number of hydrogen-bond donors (Lipinski definition) is 0. The van der Waals surface area contributed by atoms with Crippen LogP contribution in [0.5, 0.6) is 0 Å². The van der Waals surface area contributed by atoms with E-state index in [-0.39, 0.29) is 11.9 Å². The Morgan fingerprint density at radius 2 is 2.00 bits per heavy atom. The lowest BCUT2D eigenvalue weighted by Gasteiger charge is -2.12. The largest absolute Gasteiger partial charge is 0.381 e. The van der Waals surface area contributed by atoms with Crippen LogP contribution in [0.25, 0.3) is 0 Å². The van der Waals surface area contributed by atoms with Crippen molar-refractivity contribution < 1.29 is 9.53 Å². The minimum atomic E-state index is 0.127. The Labute approximate surface area is 93.7 Å². The van der Waals surface area contributed by atoms with Crippen LogP contribution in [0.15, 0.2) is 12.7 Å². The van der Waals surface area contributed by atoms with Crippen molar-refractivity contribution in [3.63, 3.8) is 0 Å². The molecule has 1 unspecified atom stereocenters. The molecule has 0 saturated heterocycles. The molecule has 0 bridgehead atoms. The molecule has 0 N–H and O–H groups in total. The van der Waals surface area contributed by atoms with Gasteiger partial charge in [0.1, 0.15) is 5.78 Å². The Balaban J connectivity index is 3.37. The first-order valence-electron chi connectivity index (χ1n) is 5.83. The first-order valence-corrected chi connectivity index (χ1v) is 5.83. The number of carbonyl (C=O) groups excluding carboxylic acids is 1. The zero-order valence-corrected chi connectivity index (χ0v) is 10.1. The molecule has 0 spiro atoms. The lowest BCUT2D eigenvalue weighted by Crippen LogP contribution is -2.14. The maximum atomic E-state index is 10.9. The van der Waals surface area contributed by atoms with Crippen molar-refractivity contribution in [1.29, 1.82) is 0 Å². The van der Waals surface area contributed by atoms with Crippen LogP contribution in [-0.2, 0) is 9.53 Å². The minimum Gasteiger partial charge on any atom is -0.381 e. The summed E-state index contributed by atoms with van der Waals surface area (Å²) in [5, 5.41) is 0. The molecule has 2 heteroatoms. The molecule has 0 saturated carbocycles. The lowest BCUT2D eigenvalue weighted by molar-refractivity contribution is -0.119. The van der Waals surface area contributed by atoms with Crippen LogP contribution < -0.4 is 0 Å². The third kappa shape index (κ3) is 9.67. The van der Waals surface area contributed by atoms with E-state index in [1.165, 1.54) is 19.3 Å².